The molecule has 6 nitrogen and oxygen atoms in total. The van der Waals surface area contributed by atoms with E-state index >= 15 is 0 Å². The number of carbonyl (C=O) groups is 1. The van der Waals surface area contributed by atoms with Crippen molar-refractivity contribution in [1.82, 2.24) is 0 Å². The third-order valence-corrected chi connectivity index (χ3v) is 5.46. The quantitative estimate of drug-likeness (QED) is 0.557. The summed E-state index contributed by atoms with van der Waals surface area (Å²) < 4.78 is 15.8. The first-order valence-corrected chi connectivity index (χ1v) is 10.3. The third kappa shape index (κ3) is 5.12. The molecule has 0 bridgehead atoms. The topological polar surface area (TPSA) is 77.8 Å². The van der Waals surface area contributed by atoms with E-state index in [4.69, 9.17) is 13.9 Å². The van der Waals surface area contributed by atoms with Gasteiger partial charge in [0.15, 0.2) is 0 Å². The van der Waals surface area contributed by atoms with Gasteiger partial charge in [-0.15, -0.1) is 11.8 Å². The summed E-state index contributed by atoms with van der Waals surface area (Å²) in [5.41, 5.74) is 2.72. The molecule has 1 N–H and O–H groups in total. The molecule has 1 amide bonds. The normalized spacial score (nSPS) is 10.7. The molecule has 0 aliphatic rings. The van der Waals surface area contributed by atoms with Crippen molar-refractivity contribution in [3.63, 3.8) is 0 Å². The Morgan fingerprint density at radius 3 is 2.66 bits per heavy atom. The molecular weight excluding hydrogens is 390 g/mol. The number of amides is 1. The highest BCUT2D eigenvalue weighted by Gasteiger charge is 2.11. The molecule has 0 spiro atoms. The number of hydrogen-bond donors (Lipinski definition) is 1. The van der Waals surface area contributed by atoms with Crippen LogP contribution in [0.4, 0.5) is 5.69 Å². The van der Waals surface area contributed by atoms with Crippen LogP contribution in [0.5, 0.6) is 11.5 Å². The van der Waals surface area contributed by atoms with Crippen molar-refractivity contribution < 1.29 is 18.7 Å². The lowest BCUT2D eigenvalue weighted by Crippen LogP contribution is -2.15. The van der Waals surface area contributed by atoms with Crippen LogP contribution in [0.2, 0.25) is 0 Å². The fraction of sp³-hybridized carbons (Fsp3) is 0.273. The summed E-state index contributed by atoms with van der Waals surface area (Å²) in [7, 11) is 3.11. The number of carbonyl (C=O) groups excluding carboxylic acids is 1. The maximum absolute atomic E-state index is 12.4. The summed E-state index contributed by atoms with van der Waals surface area (Å²) >= 11 is 1.43. The largest absolute Gasteiger partial charge is 0.497 e. The number of fused-ring (bicyclic) bond motifs is 1. The van der Waals surface area contributed by atoms with Crippen LogP contribution in [0.15, 0.2) is 51.7 Å². The molecular formula is C22H23NO5S. The van der Waals surface area contributed by atoms with Crippen LogP contribution < -0.4 is 20.4 Å². The van der Waals surface area contributed by atoms with E-state index in [1.54, 1.807) is 32.4 Å². The molecule has 152 valence electrons. The smallest absolute Gasteiger partial charge is 0.336 e. The third-order valence-electron chi connectivity index (χ3n) is 4.47. The summed E-state index contributed by atoms with van der Waals surface area (Å²) in [5, 5.41) is 3.73. The SMILES string of the molecule is CCc1ccc2c(CSCC(=O)Nc3cc(OC)ccc3OC)cc(=O)oc2c1. The van der Waals surface area contributed by atoms with Gasteiger partial charge in [0.25, 0.3) is 0 Å². The van der Waals surface area contributed by atoms with Crippen molar-refractivity contribution in [2.75, 3.05) is 25.3 Å². The maximum Gasteiger partial charge on any atom is 0.336 e. The van der Waals surface area contributed by atoms with E-state index in [1.807, 2.05) is 18.2 Å². The Hall–Kier alpha value is -2.93. The van der Waals surface area contributed by atoms with E-state index in [0.29, 0.717) is 28.5 Å². The second-order valence-corrected chi connectivity index (χ2v) is 7.37. The van der Waals surface area contributed by atoms with Crippen molar-refractivity contribution in [2.24, 2.45) is 0 Å². The van der Waals surface area contributed by atoms with Crippen LogP contribution in [0.3, 0.4) is 0 Å². The number of benzene rings is 2. The second-order valence-electron chi connectivity index (χ2n) is 6.38. The molecule has 0 saturated heterocycles. The fourth-order valence-electron chi connectivity index (χ4n) is 2.97. The molecule has 0 radical (unpaired) electrons. The predicted molar refractivity (Wildman–Crippen MR) is 116 cm³/mol. The van der Waals surface area contributed by atoms with Crippen molar-refractivity contribution in [1.29, 1.82) is 0 Å². The van der Waals surface area contributed by atoms with Crippen molar-refractivity contribution in [2.45, 2.75) is 19.1 Å². The molecule has 29 heavy (non-hydrogen) atoms. The predicted octanol–water partition coefficient (Wildman–Crippen LogP) is 4.24. The van der Waals surface area contributed by atoms with Gasteiger partial charge in [-0.1, -0.05) is 19.1 Å². The molecule has 0 aliphatic heterocycles. The summed E-state index contributed by atoms with van der Waals surface area (Å²) in [6.45, 7) is 2.05. The number of hydrogen-bond acceptors (Lipinski definition) is 6. The lowest BCUT2D eigenvalue weighted by molar-refractivity contribution is -0.113. The van der Waals surface area contributed by atoms with E-state index < -0.39 is 0 Å². The fourth-order valence-corrected chi connectivity index (χ4v) is 3.78. The average Bonchev–Trinajstić information content (AvgIpc) is 2.72. The van der Waals surface area contributed by atoms with E-state index in [2.05, 4.69) is 12.2 Å². The first-order chi connectivity index (χ1) is 14.0. The second kappa shape index (κ2) is 9.52. The molecule has 0 fully saturated rings. The van der Waals surface area contributed by atoms with Crippen LogP contribution in [0.25, 0.3) is 11.0 Å². The molecule has 2 aromatic carbocycles. The highest BCUT2D eigenvalue weighted by atomic mass is 32.2. The van der Waals surface area contributed by atoms with Crippen LogP contribution in [-0.4, -0.2) is 25.9 Å². The van der Waals surface area contributed by atoms with Crippen LogP contribution in [0, 0.1) is 0 Å². The van der Waals surface area contributed by atoms with Gasteiger partial charge in [0, 0.05) is 23.3 Å². The lowest BCUT2D eigenvalue weighted by Gasteiger charge is -2.12. The van der Waals surface area contributed by atoms with Gasteiger partial charge < -0.3 is 19.2 Å². The number of anilines is 1. The van der Waals surface area contributed by atoms with Gasteiger partial charge in [-0.2, -0.15) is 0 Å². The Bertz CT molecular complexity index is 1080. The number of rotatable bonds is 8. The van der Waals surface area contributed by atoms with Gasteiger partial charge in [-0.3, -0.25) is 4.79 Å². The molecule has 0 atom stereocenters. The Kier molecular flexibility index (Phi) is 6.82. The zero-order valence-electron chi connectivity index (χ0n) is 16.6. The Morgan fingerprint density at radius 1 is 1.10 bits per heavy atom. The number of nitrogens with one attached hydrogen (secondary N) is 1. The van der Waals surface area contributed by atoms with Gasteiger partial charge in [0.05, 0.1) is 25.7 Å². The summed E-state index contributed by atoms with van der Waals surface area (Å²) in [4.78, 5) is 24.3. The van der Waals surface area contributed by atoms with Crippen molar-refractivity contribution in [3.05, 3.63) is 64.0 Å². The Labute approximate surface area is 173 Å². The zero-order valence-corrected chi connectivity index (χ0v) is 17.4. The summed E-state index contributed by atoms with van der Waals surface area (Å²) in [6.07, 6.45) is 0.868. The molecule has 7 heteroatoms. The average molecular weight is 413 g/mol. The maximum atomic E-state index is 12.4. The molecule has 0 unspecified atom stereocenters. The van der Waals surface area contributed by atoms with E-state index in [0.717, 1.165) is 22.9 Å². The number of methoxy groups -OCH3 is 2. The monoisotopic (exact) mass is 413 g/mol. The van der Waals surface area contributed by atoms with E-state index in [1.165, 1.54) is 17.8 Å². The Morgan fingerprint density at radius 2 is 1.93 bits per heavy atom. The van der Waals surface area contributed by atoms with Gasteiger partial charge in [-0.25, -0.2) is 4.79 Å². The Balaban J connectivity index is 1.67. The number of thioether (sulfide) groups is 1. The highest BCUT2D eigenvalue weighted by molar-refractivity contribution is 7.99. The first-order valence-electron chi connectivity index (χ1n) is 9.19. The molecule has 0 saturated carbocycles. The van der Waals surface area contributed by atoms with E-state index in [9.17, 15) is 9.59 Å². The van der Waals surface area contributed by atoms with Crippen molar-refractivity contribution in [3.8, 4) is 11.5 Å². The molecule has 3 aromatic rings. The summed E-state index contributed by atoms with van der Waals surface area (Å²) in [6, 6.07) is 12.6. The van der Waals surface area contributed by atoms with E-state index in [-0.39, 0.29) is 17.3 Å². The highest BCUT2D eigenvalue weighted by Crippen LogP contribution is 2.29. The van der Waals surface area contributed by atoms with Crippen molar-refractivity contribution >= 4 is 34.3 Å². The van der Waals surface area contributed by atoms with Gasteiger partial charge in [0.1, 0.15) is 17.1 Å². The van der Waals surface area contributed by atoms with Crippen LogP contribution >= 0.6 is 11.8 Å². The van der Waals surface area contributed by atoms with Crippen LogP contribution in [-0.2, 0) is 17.0 Å². The zero-order chi connectivity index (χ0) is 20.8. The number of ether oxygens (including phenoxy) is 2. The standard InChI is InChI=1S/C22H23NO5S/c1-4-14-5-7-17-15(10-22(25)28-20(17)9-14)12-29-13-21(24)23-18-11-16(26-2)6-8-19(18)27-3/h5-11H,4,12-13H2,1-3H3,(H,23,24). The minimum absolute atomic E-state index is 0.165. The summed E-state index contributed by atoms with van der Waals surface area (Å²) in [5.74, 6) is 1.78. The minimum Gasteiger partial charge on any atom is -0.497 e. The van der Waals surface area contributed by atoms with Gasteiger partial charge in [-0.05, 0) is 35.7 Å². The molecule has 3 rings (SSSR count). The van der Waals surface area contributed by atoms with Crippen LogP contribution in [0.1, 0.15) is 18.1 Å². The van der Waals surface area contributed by atoms with Gasteiger partial charge >= 0.3 is 5.63 Å². The lowest BCUT2D eigenvalue weighted by atomic mass is 10.1. The van der Waals surface area contributed by atoms with Gasteiger partial charge in [0.2, 0.25) is 5.91 Å². The minimum atomic E-state index is -0.382. The molecule has 1 heterocycles. The molecule has 1 aromatic heterocycles. The first kappa shape index (κ1) is 20.8. The number of aryl methyl sites for hydroxylation is 1. The molecule has 0 aliphatic carbocycles.